The van der Waals surface area contributed by atoms with Crippen LogP contribution in [0.4, 0.5) is 0 Å². The molecular formula is C8H17N3O. The highest BCUT2D eigenvalue weighted by atomic mass is 16.5. The van der Waals surface area contributed by atoms with E-state index in [1.54, 1.807) is 14.2 Å². The van der Waals surface area contributed by atoms with Crippen LogP contribution in [0.3, 0.4) is 0 Å². The van der Waals surface area contributed by atoms with Gasteiger partial charge in [-0.25, -0.2) is 0 Å². The van der Waals surface area contributed by atoms with Crippen LogP contribution in [0.25, 0.3) is 0 Å². The minimum atomic E-state index is 0.297. The molecule has 0 aliphatic heterocycles. The zero-order chi connectivity index (χ0) is 8.97. The van der Waals surface area contributed by atoms with Crippen molar-refractivity contribution in [1.29, 1.82) is 0 Å². The molecule has 4 nitrogen and oxygen atoms in total. The van der Waals surface area contributed by atoms with Crippen LogP contribution in [0.1, 0.15) is 19.3 Å². The standard InChI is InChI=1S/C8H17N3O/c1-10-8(9)11-6-4-3-5-7(6)12-2/h6-7H,3-5H2,1-2H3,(H3,9,10,11). The van der Waals surface area contributed by atoms with Crippen LogP contribution >= 0.6 is 0 Å². The summed E-state index contributed by atoms with van der Waals surface area (Å²) in [7, 11) is 3.42. The molecule has 1 rings (SSSR count). The molecule has 3 N–H and O–H groups in total. The predicted molar refractivity (Wildman–Crippen MR) is 49.1 cm³/mol. The number of ether oxygens (including phenoxy) is 1. The first-order valence-electron chi connectivity index (χ1n) is 4.29. The van der Waals surface area contributed by atoms with Crippen LogP contribution in [0, 0.1) is 0 Å². The van der Waals surface area contributed by atoms with E-state index in [1.165, 1.54) is 6.42 Å². The largest absolute Gasteiger partial charge is 0.379 e. The lowest BCUT2D eigenvalue weighted by Gasteiger charge is -2.19. The molecule has 12 heavy (non-hydrogen) atoms. The molecule has 0 heterocycles. The Morgan fingerprint density at radius 3 is 2.92 bits per heavy atom. The lowest BCUT2D eigenvalue weighted by molar-refractivity contribution is 0.0907. The summed E-state index contributed by atoms with van der Waals surface area (Å²) < 4.78 is 5.30. The number of rotatable bonds is 2. The summed E-state index contributed by atoms with van der Waals surface area (Å²) in [5.41, 5.74) is 5.55. The van der Waals surface area contributed by atoms with E-state index in [4.69, 9.17) is 10.5 Å². The third-order valence-electron chi connectivity index (χ3n) is 2.33. The molecule has 1 fully saturated rings. The Hall–Kier alpha value is -0.770. The van der Waals surface area contributed by atoms with Gasteiger partial charge in [-0.3, -0.25) is 4.99 Å². The van der Waals surface area contributed by atoms with Gasteiger partial charge in [-0.15, -0.1) is 0 Å². The summed E-state index contributed by atoms with van der Waals surface area (Å²) in [5.74, 6) is 0.504. The van der Waals surface area contributed by atoms with Crippen LogP contribution < -0.4 is 11.1 Å². The van der Waals surface area contributed by atoms with Crippen LogP contribution in [0.2, 0.25) is 0 Å². The number of nitrogens with one attached hydrogen (secondary N) is 1. The molecule has 2 atom stereocenters. The molecule has 0 spiro atoms. The first-order valence-corrected chi connectivity index (χ1v) is 4.29. The van der Waals surface area contributed by atoms with E-state index in [1.807, 2.05) is 0 Å². The van der Waals surface area contributed by atoms with E-state index in [-0.39, 0.29) is 0 Å². The van der Waals surface area contributed by atoms with Gasteiger partial charge in [-0.05, 0) is 19.3 Å². The van der Waals surface area contributed by atoms with Crippen molar-refractivity contribution >= 4 is 5.96 Å². The SMILES string of the molecule is CN=C(N)NC1CCCC1OC. The fraction of sp³-hybridized carbons (Fsp3) is 0.875. The van der Waals surface area contributed by atoms with Crippen molar-refractivity contribution in [2.45, 2.75) is 31.4 Å². The van der Waals surface area contributed by atoms with Gasteiger partial charge in [0.2, 0.25) is 0 Å². The number of hydrogen-bond acceptors (Lipinski definition) is 2. The second kappa shape index (κ2) is 4.30. The average molecular weight is 171 g/mol. The molecule has 0 saturated heterocycles. The molecule has 4 heteroatoms. The smallest absolute Gasteiger partial charge is 0.188 e. The number of nitrogens with zero attached hydrogens (tertiary/aromatic N) is 1. The maximum Gasteiger partial charge on any atom is 0.188 e. The lowest BCUT2D eigenvalue weighted by Crippen LogP contribution is -2.44. The Balaban J connectivity index is 2.40. The molecule has 0 radical (unpaired) electrons. The van der Waals surface area contributed by atoms with Gasteiger partial charge in [0, 0.05) is 14.2 Å². The Labute approximate surface area is 73.2 Å². The molecule has 70 valence electrons. The molecule has 0 amide bonds. The second-order valence-corrected chi connectivity index (χ2v) is 3.06. The first kappa shape index (κ1) is 9.32. The van der Waals surface area contributed by atoms with Crippen LogP contribution in [0.15, 0.2) is 4.99 Å². The summed E-state index contributed by atoms with van der Waals surface area (Å²) in [6.07, 6.45) is 3.73. The van der Waals surface area contributed by atoms with Gasteiger partial charge in [0.1, 0.15) is 0 Å². The summed E-state index contributed by atoms with van der Waals surface area (Å²) in [5, 5.41) is 3.13. The van der Waals surface area contributed by atoms with Gasteiger partial charge in [-0.1, -0.05) is 0 Å². The van der Waals surface area contributed by atoms with E-state index in [2.05, 4.69) is 10.3 Å². The van der Waals surface area contributed by atoms with E-state index in [9.17, 15) is 0 Å². The van der Waals surface area contributed by atoms with Gasteiger partial charge >= 0.3 is 0 Å². The minimum absolute atomic E-state index is 0.297. The molecule has 0 aromatic rings. The van der Waals surface area contributed by atoms with Crippen LogP contribution in [0.5, 0.6) is 0 Å². The van der Waals surface area contributed by atoms with Gasteiger partial charge in [-0.2, -0.15) is 0 Å². The maximum absolute atomic E-state index is 5.55. The zero-order valence-electron chi connectivity index (χ0n) is 7.71. The number of guanidine groups is 1. The minimum Gasteiger partial charge on any atom is -0.379 e. The van der Waals surface area contributed by atoms with Gasteiger partial charge in [0.15, 0.2) is 5.96 Å². The van der Waals surface area contributed by atoms with Crippen molar-refractivity contribution in [3.05, 3.63) is 0 Å². The van der Waals surface area contributed by atoms with Gasteiger partial charge in [0.05, 0.1) is 12.1 Å². The fourth-order valence-electron chi connectivity index (χ4n) is 1.63. The average Bonchev–Trinajstić information content (AvgIpc) is 2.51. The van der Waals surface area contributed by atoms with Crippen molar-refractivity contribution in [2.75, 3.05) is 14.2 Å². The number of methoxy groups -OCH3 is 1. The maximum atomic E-state index is 5.55. The highest BCUT2D eigenvalue weighted by Crippen LogP contribution is 2.20. The Morgan fingerprint density at radius 2 is 2.33 bits per heavy atom. The Bertz CT molecular complexity index is 170. The number of aliphatic imine (C=N–C) groups is 1. The third-order valence-corrected chi connectivity index (χ3v) is 2.33. The molecule has 0 bridgehead atoms. The predicted octanol–water partition coefficient (Wildman–Crippen LogP) is 0.0880. The van der Waals surface area contributed by atoms with Gasteiger partial charge in [0.25, 0.3) is 0 Å². The first-order chi connectivity index (χ1) is 5.77. The molecule has 2 unspecified atom stereocenters. The lowest BCUT2D eigenvalue weighted by atomic mass is 10.2. The number of hydrogen-bond donors (Lipinski definition) is 2. The van der Waals surface area contributed by atoms with Crippen molar-refractivity contribution < 1.29 is 4.74 Å². The molecule has 1 aliphatic carbocycles. The van der Waals surface area contributed by atoms with Crippen molar-refractivity contribution in [2.24, 2.45) is 10.7 Å². The quantitative estimate of drug-likeness (QED) is 0.457. The molecule has 0 aromatic carbocycles. The van der Waals surface area contributed by atoms with Crippen LogP contribution in [-0.4, -0.2) is 32.3 Å². The van der Waals surface area contributed by atoms with Gasteiger partial charge < -0.3 is 15.8 Å². The fourth-order valence-corrected chi connectivity index (χ4v) is 1.63. The molecule has 1 saturated carbocycles. The Morgan fingerprint density at radius 1 is 1.58 bits per heavy atom. The van der Waals surface area contributed by atoms with Crippen molar-refractivity contribution in [3.8, 4) is 0 Å². The molecular weight excluding hydrogens is 154 g/mol. The third kappa shape index (κ3) is 2.11. The van der Waals surface area contributed by atoms with Crippen molar-refractivity contribution in [3.63, 3.8) is 0 Å². The second-order valence-electron chi connectivity index (χ2n) is 3.06. The highest BCUT2D eigenvalue weighted by molar-refractivity contribution is 5.78. The normalized spacial score (nSPS) is 30.7. The highest BCUT2D eigenvalue weighted by Gasteiger charge is 2.26. The van der Waals surface area contributed by atoms with E-state index < -0.39 is 0 Å². The topological polar surface area (TPSA) is 59.6 Å². The summed E-state index contributed by atoms with van der Waals surface area (Å²) in [6.45, 7) is 0. The number of nitrogens with two attached hydrogens (primary N) is 1. The Kier molecular flexibility index (Phi) is 3.34. The summed E-state index contributed by atoms with van der Waals surface area (Å²) >= 11 is 0. The van der Waals surface area contributed by atoms with E-state index in [0.717, 1.165) is 12.8 Å². The van der Waals surface area contributed by atoms with Crippen LogP contribution in [-0.2, 0) is 4.74 Å². The summed E-state index contributed by atoms with van der Waals surface area (Å²) in [6, 6.07) is 0.346. The molecule has 1 aliphatic rings. The van der Waals surface area contributed by atoms with Crippen molar-refractivity contribution in [1.82, 2.24) is 5.32 Å². The molecule has 0 aromatic heterocycles. The van der Waals surface area contributed by atoms with E-state index >= 15 is 0 Å². The summed E-state index contributed by atoms with van der Waals surface area (Å²) in [4.78, 5) is 3.85. The monoisotopic (exact) mass is 171 g/mol. The zero-order valence-corrected chi connectivity index (χ0v) is 7.71. The van der Waals surface area contributed by atoms with E-state index in [0.29, 0.717) is 18.1 Å².